The Morgan fingerprint density at radius 2 is 2.03 bits per heavy atom. The van der Waals surface area contributed by atoms with Crippen molar-refractivity contribution >= 4 is 11.7 Å². The zero-order valence-electron chi connectivity index (χ0n) is 18.8. The molecule has 2 aromatic heterocycles. The number of aromatic nitrogens is 5. The molecular weight excluding hydrogens is 428 g/mol. The van der Waals surface area contributed by atoms with Crippen molar-refractivity contribution in [3.8, 4) is 35.3 Å². The Morgan fingerprint density at radius 3 is 2.82 bits per heavy atom. The van der Waals surface area contributed by atoms with Gasteiger partial charge in [-0.25, -0.2) is 4.98 Å². The Labute approximate surface area is 197 Å². The van der Waals surface area contributed by atoms with Crippen LogP contribution in [-0.4, -0.2) is 37.5 Å². The molecule has 1 aliphatic rings. The molecule has 0 radical (unpaired) electrons. The maximum absolute atomic E-state index is 12.7. The van der Waals surface area contributed by atoms with Crippen LogP contribution < -0.4 is 10.1 Å². The van der Waals surface area contributed by atoms with Crippen LogP contribution in [0.2, 0.25) is 0 Å². The minimum Gasteiger partial charge on any atom is -0.481 e. The van der Waals surface area contributed by atoms with E-state index in [4.69, 9.17) is 11.2 Å². The number of benzene rings is 2. The molecule has 8 nitrogen and oxygen atoms in total. The number of terminal acetylenes is 1. The van der Waals surface area contributed by atoms with Gasteiger partial charge in [0.15, 0.2) is 0 Å². The number of nitrogens with zero attached hydrogens (tertiary/aromatic N) is 5. The van der Waals surface area contributed by atoms with E-state index in [-0.39, 0.29) is 24.4 Å². The van der Waals surface area contributed by atoms with Gasteiger partial charge in [0.25, 0.3) is 5.95 Å². The van der Waals surface area contributed by atoms with Crippen molar-refractivity contribution in [1.82, 2.24) is 25.0 Å². The van der Waals surface area contributed by atoms with Crippen LogP contribution in [0.15, 0.2) is 54.7 Å². The van der Waals surface area contributed by atoms with Gasteiger partial charge in [0.1, 0.15) is 18.2 Å². The zero-order chi connectivity index (χ0) is 23.7. The third kappa shape index (κ3) is 3.99. The van der Waals surface area contributed by atoms with E-state index >= 15 is 0 Å². The lowest BCUT2D eigenvalue weighted by molar-refractivity contribution is -0.116. The normalized spacial score (nSPS) is 14.7. The van der Waals surface area contributed by atoms with Gasteiger partial charge in [-0.05, 0) is 31.5 Å². The number of hydrogen-bond acceptors (Lipinski definition) is 6. The average molecular weight is 451 g/mol. The summed E-state index contributed by atoms with van der Waals surface area (Å²) in [6.07, 6.45) is 7.22. The van der Waals surface area contributed by atoms with Gasteiger partial charge >= 0.3 is 0 Å². The highest BCUT2D eigenvalue weighted by atomic mass is 16.5. The van der Waals surface area contributed by atoms with Crippen LogP contribution >= 0.6 is 0 Å². The summed E-state index contributed by atoms with van der Waals surface area (Å²) < 4.78 is 7.14. The highest BCUT2D eigenvalue weighted by Gasteiger charge is 2.33. The second-order valence-electron chi connectivity index (χ2n) is 8.14. The van der Waals surface area contributed by atoms with E-state index < -0.39 is 0 Å². The predicted octanol–water partition coefficient (Wildman–Crippen LogP) is 3.83. The Bertz CT molecular complexity index is 1420. The minimum atomic E-state index is -0.194. The van der Waals surface area contributed by atoms with Crippen LogP contribution in [0.1, 0.15) is 34.7 Å². The standard InChI is InChI=1S/C26H22N6O2/c1-4-12-34-20-7-5-6-19(13-20)21-14-23(33)29-25-24(21)17(3)31-32(25)26-28-22(15-27-30-26)18-10-8-16(2)9-11-18/h1,5-11,13,15,21H,12,14H2,2-3H3,(H,29,33)/t21-/m0/s1. The van der Waals surface area contributed by atoms with Crippen molar-refractivity contribution in [2.45, 2.75) is 26.2 Å². The fourth-order valence-corrected chi connectivity index (χ4v) is 4.17. The number of rotatable bonds is 5. The molecule has 1 N–H and O–H groups in total. The van der Waals surface area contributed by atoms with E-state index in [1.54, 1.807) is 10.9 Å². The van der Waals surface area contributed by atoms with E-state index in [9.17, 15) is 4.79 Å². The SMILES string of the molecule is C#CCOc1cccc([C@@H]2CC(=O)Nc3c2c(C)nn3-c2nncc(-c3ccc(C)cc3)n2)c1. The van der Waals surface area contributed by atoms with E-state index in [1.807, 2.05) is 62.4 Å². The molecule has 0 saturated heterocycles. The first-order chi connectivity index (χ1) is 16.5. The molecule has 0 spiro atoms. The molecule has 0 bridgehead atoms. The molecule has 3 heterocycles. The average Bonchev–Trinajstić information content (AvgIpc) is 3.19. The molecular formula is C26H22N6O2. The molecule has 4 aromatic rings. The van der Waals surface area contributed by atoms with Crippen molar-refractivity contribution < 1.29 is 9.53 Å². The zero-order valence-corrected chi connectivity index (χ0v) is 18.8. The Morgan fingerprint density at radius 1 is 1.21 bits per heavy atom. The second kappa shape index (κ2) is 8.79. The fourth-order valence-electron chi connectivity index (χ4n) is 4.17. The molecule has 8 heteroatoms. The molecule has 168 valence electrons. The number of amides is 1. The van der Waals surface area contributed by atoms with Crippen LogP contribution in [0.3, 0.4) is 0 Å². The molecule has 1 atom stereocenters. The quantitative estimate of drug-likeness (QED) is 0.465. The number of hydrogen-bond donors (Lipinski definition) is 1. The van der Waals surface area contributed by atoms with Gasteiger partial charge in [-0.2, -0.15) is 14.9 Å². The maximum atomic E-state index is 12.7. The molecule has 34 heavy (non-hydrogen) atoms. The lowest BCUT2D eigenvalue weighted by atomic mass is 9.86. The summed E-state index contributed by atoms with van der Waals surface area (Å²) in [5.74, 6) is 3.66. The second-order valence-corrected chi connectivity index (χ2v) is 8.14. The van der Waals surface area contributed by atoms with E-state index in [1.165, 1.54) is 0 Å². The van der Waals surface area contributed by atoms with Gasteiger partial charge in [-0.3, -0.25) is 4.79 Å². The minimum absolute atomic E-state index is 0.115. The summed E-state index contributed by atoms with van der Waals surface area (Å²) in [5, 5.41) is 16.0. The van der Waals surface area contributed by atoms with Crippen molar-refractivity contribution in [3.63, 3.8) is 0 Å². The van der Waals surface area contributed by atoms with E-state index in [0.717, 1.165) is 27.9 Å². The number of anilines is 1. The third-order valence-electron chi connectivity index (χ3n) is 5.77. The summed E-state index contributed by atoms with van der Waals surface area (Å²) in [7, 11) is 0. The monoisotopic (exact) mass is 450 g/mol. The summed E-state index contributed by atoms with van der Waals surface area (Å²) in [4.78, 5) is 17.4. The van der Waals surface area contributed by atoms with Gasteiger partial charge < -0.3 is 10.1 Å². The molecule has 5 rings (SSSR count). The van der Waals surface area contributed by atoms with Gasteiger partial charge in [-0.15, -0.1) is 11.5 Å². The first-order valence-electron chi connectivity index (χ1n) is 10.9. The highest BCUT2D eigenvalue weighted by Crippen LogP contribution is 2.40. The molecule has 1 amide bonds. The van der Waals surface area contributed by atoms with Gasteiger partial charge in [0.2, 0.25) is 5.91 Å². The van der Waals surface area contributed by atoms with Crippen molar-refractivity contribution in [2.75, 3.05) is 11.9 Å². The molecule has 0 aliphatic carbocycles. The molecule has 1 aliphatic heterocycles. The molecule has 0 fully saturated rings. The Balaban J connectivity index is 1.56. The van der Waals surface area contributed by atoms with Gasteiger partial charge in [0.05, 0.1) is 17.6 Å². The van der Waals surface area contributed by atoms with Crippen molar-refractivity contribution in [2.24, 2.45) is 0 Å². The predicted molar refractivity (Wildman–Crippen MR) is 128 cm³/mol. The summed E-state index contributed by atoms with van der Waals surface area (Å²) >= 11 is 0. The van der Waals surface area contributed by atoms with Gasteiger partial charge in [0, 0.05) is 23.5 Å². The van der Waals surface area contributed by atoms with Crippen molar-refractivity contribution in [3.05, 3.63) is 77.1 Å². The molecule has 2 aromatic carbocycles. The largest absolute Gasteiger partial charge is 0.481 e. The summed E-state index contributed by atoms with van der Waals surface area (Å²) in [6, 6.07) is 15.6. The van der Waals surface area contributed by atoms with Crippen LogP contribution in [-0.2, 0) is 4.79 Å². The number of nitrogens with one attached hydrogen (secondary N) is 1. The smallest absolute Gasteiger partial charge is 0.272 e. The number of ether oxygens (including phenoxy) is 1. The number of carbonyl (C=O) groups excluding carboxylic acids is 1. The highest BCUT2D eigenvalue weighted by molar-refractivity contribution is 5.95. The first kappa shape index (κ1) is 21.3. The summed E-state index contributed by atoms with van der Waals surface area (Å²) in [6.45, 7) is 4.12. The van der Waals surface area contributed by atoms with Crippen molar-refractivity contribution in [1.29, 1.82) is 0 Å². The Hall–Kier alpha value is -4.51. The number of carbonyl (C=O) groups is 1. The maximum Gasteiger partial charge on any atom is 0.272 e. The van der Waals surface area contributed by atoms with Crippen LogP contribution in [0.4, 0.5) is 5.82 Å². The summed E-state index contributed by atoms with van der Waals surface area (Å²) in [5.41, 5.74) is 5.39. The fraction of sp³-hybridized carbons (Fsp3) is 0.192. The van der Waals surface area contributed by atoms with Crippen LogP contribution in [0.25, 0.3) is 17.2 Å². The number of fused-ring (bicyclic) bond motifs is 1. The number of aryl methyl sites for hydroxylation is 2. The first-order valence-corrected chi connectivity index (χ1v) is 10.9. The van der Waals surface area contributed by atoms with Crippen LogP contribution in [0, 0.1) is 26.2 Å². The van der Waals surface area contributed by atoms with Crippen LogP contribution in [0.5, 0.6) is 5.75 Å². The lowest BCUT2D eigenvalue weighted by Gasteiger charge is -2.24. The van der Waals surface area contributed by atoms with E-state index in [0.29, 0.717) is 23.7 Å². The van der Waals surface area contributed by atoms with E-state index in [2.05, 4.69) is 31.5 Å². The third-order valence-corrected chi connectivity index (χ3v) is 5.77. The topological polar surface area (TPSA) is 94.8 Å². The molecule has 0 unspecified atom stereocenters. The lowest BCUT2D eigenvalue weighted by Crippen LogP contribution is -2.25. The van der Waals surface area contributed by atoms with Gasteiger partial charge in [-0.1, -0.05) is 47.9 Å². The Kier molecular flexibility index (Phi) is 5.52. The molecule has 0 saturated carbocycles.